The van der Waals surface area contributed by atoms with Crippen molar-refractivity contribution in [1.82, 2.24) is 10.1 Å². The summed E-state index contributed by atoms with van der Waals surface area (Å²) in [6.07, 6.45) is 3.00. The van der Waals surface area contributed by atoms with Gasteiger partial charge in [-0.25, -0.2) is 0 Å². The highest BCUT2D eigenvalue weighted by Gasteiger charge is 2.28. The normalized spacial score (nSPS) is 19.4. The number of carbonyl (C=O) groups is 1. The first kappa shape index (κ1) is 14.1. The highest BCUT2D eigenvalue weighted by molar-refractivity contribution is 5.91. The fourth-order valence-corrected chi connectivity index (χ4v) is 2.65. The number of hydrogen-bond acceptors (Lipinski definition) is 4. The molecule has 1 unspecified atom stereocenters. The molecule has 0 aromatic carbocycles. The monoisotopic (exact) mass is 265 g/mol. The van der Waals surface area contributed by atoms with Crippen molar-refractivity contribution >= 4 is 5.91 Å². The minimum atomic E-state index is -0.0549. The van der Waals surface area contributed by atoms with Crippen LogP contribution in [0, 0.1) is 5.92 Å². The Hall–Kier alpha value is -1.36. The first-order valence-corrected chi connectivity index (χ1v) is 7.15. The second-order valence-electron chi connectivity index (χ2n) is 5.27. The number of nitrogens with zero attached hydrogens (tertiary/aromatic N) is 2. The van der Waals surface area contributed by atoms with E-state index in [1.54, 1.807) is 6.07 Å². The van der Waals surface area contributed by atoms with Gasteiger partial charge in [-0.3, -0.25) is 4.79 Å². The Morgan fingerprint density at radius 1 is 1.58 bits per heavy atom. The topological polar surface area (TPSA) is 72.4 Å². The predicted octanol–water partition coefficient (Wildman–Crippen LogP) is 2.00. The lowest BCUT2D eigenvalue weighted by atomic mass is 9.99. The zero-order chi connectivity index (χ0) is 13.8. The molecule has 1 aliphatic heterocycles. The molecule has 5 nitrogen and oxygen atoms in total. The lowest BCUT2D eigenvalue weighted by Crippen LogP contribution is -2.29. The second-order valence-corrected chi connectivity index (χ2v) is 5.27. The molecule has 0 bridgehead atoms. The SMILES string of the molecule is CCC(CC)c1cc(C(=O)N2CCC(CN)C2)on1. The van der Waals surface area contributed by atoms with Crippen LogP contribution in [0.1, 0.15) is 55.3 Å². The van der Waals surface area contributed by atoms with Gasteiger partial charge < -0.3 is 15.2 Å². The van der Waals surface area contributed by atoms with Gasteiger partial charge in [0, 0.05) is 25.1 Å². The van der Waals surface area contributed by atoms with Crippen LogP contribution in [0.5, 0.6) is 0 Å². The Balaban J connectivity index is 2.04. The van der Waals surface area contributed by atoms with Crippen LogP contribution >= 0.6 is 0 Å². The smallest absolute Gasteiger partial charge is 0.292 e. The Morgan fingerprint density at radius 3 is 2.89 bits per heavy atom. The number of carbonyl (C=O) groups excluding carboxylic acids is 1. The number of likely N-dealkylation sites (tertiary alicyclic amines) is 1. The van der Waals surface area contributed by atoms with E-state index in [0.29, 0.717) is 24.1 Å². The van der Waals surface area contributed by atoms with Crippen molar-refractivity contribution in [3.63, 3.8) is 0 Å². The third-order valence-electron chi connectivity index (χ3n) is 4.05. The van der Waals surface area contributed by atoms with E-state index in [1.807, 2.05) is 4.90 Å². The van der Waals surface area contributed by atoms with E-state index in [9.17, 15) is 4.79 Å². The number of aromatic nitrogens is 1. The molecule has 1 fully saturated rings. The van der Waals surface area contributed by atoms with Gasteiger partial charge in [0.25, 0.3) is 5.91 Å². The summed E-state index contributed by atoms with van der Waals surface area (Å²) >= 11 is 0. The third-order valence-corrected chi connectivity index (χ3v) is 4.05. The van der Waals surface area contributed by atoms with Crippen LogP contribution in [0.2, 0.25) is 0 Å². The summed E-state index contributed by atoms with van der Waals surface area (Å²) in [5.74, 6) is 1.10. The molecule has 0 spiro atoms. The van der Waals surface area contributed by atoms with Crippen molar-refractivity contribution in [3.05, 3.63) is 17.5 Å². The first-order valence-electron chi connectivity index (χ1n) is 7.15. The van der Waals surface area contributed by atoms with Crippen molar-refractivity contribution in [2.75, 3.05) is 19.6 Å². The maximum atomic E-state index is 12.3. The van der Waals surface area contributed by atoms with Gasteiger partial charge in [0.2, 0.25) is 5.76 Å². The Labute approximate surface area is 114 Å². The molecule has 1 aromatic rings. The summed E-state index contributed by atoms with van der Waals surface area (Å²) in [5, 5.41) is 4.04. The molecule has 1 saturated heterocycles. The van der Waals surface area contributed by atoms with Gasteiger partial charge in [-0.15, -0.1) is 0 Å². The van der Waals surface area contributed by atoms with E-state index in [2.05, 4.69) is 19.0 Å². The molecule has 2 N–H and O–H groups in total. The molecule has 0 radical (unpaired) electrons. The van der Waals surface area contributed by atoms with Crippen molar-refractivity contribution in [3.8, 4) is 0 Å². The van der Waals surface area contributed by atoms with Crippen LogP contribution in [0.3, 0.4) is 0 Å². The third kappa shape index (κ3) is 2.97. The van der Waals surface area contributed by atoms with Gasteiger partial charge in [-0.05, 0) is 31.7 Å². The Kier molecular flexibility index (Phi) is 4.58. The minimum Gasteiger partial charge on any atom is -0.351 e. The number of rotatable bonds is 5. The Bertz CT molecular complexity index is 426. The van der Waals surface area contributed by atoms with Gasteiger partial charge in [0.15, 0.2) is 0 Å². The predicted molar refractivity (Wildman–Crippen MR) is 72.9 cm³/mol. The first-order chi connectivity index (χ1) is 9.19. The largest absolute Gasteiger partial charge is 0.351 e. The molecule has 5 heteroatoms. The van der Waals surface area contributed by atoms with Crippen LogP contribution in [0.15, 0.2) is 10.6 Å². The molecule has 0 aliphatic carbocycles. The summed E-state index contributed by atoms with van der Waals surface area (Å²) < 4.78 is 5.22. The van der Waals surface area contributed by atoms with Crippen molar-refractivity contribution in [2.24, 2.45) is 11.7 Å². The average molecular weight is 265 g/mol. The van der Waals surface area contributed by atoms with Gasteiger partial charge in [-0.1, -0.05) is 19.0 Å². The van der Waals surface area contributed by atoms with Crippen LogP contribution in [-0.2, 0) is 0 Å². The molecule has 1 aromatic heterocycles. The van der Waals surface area contributed by atoms with E-state index in [1.165, 1.54) is 0 Å². The number of hydrogen-bond donors (Lipinski definition) is 1. The maximum Gasteiger partial charge on any atom is 0.292 e. The highest BCUT2D eigenvalue weighted by atomic mass is 16.5. The van der Waals surface area contributed by atoms with E-state index < -0.39 is 0 Å². The summed E-state index contributed by atoms with van der Waals surface area (Å²) in [4.78, 5) is 14.1. The van der Waals surface area contributed by atoms with Crippen LogP contribution in [0.25, 0.3) is 0 Å². The lowest BCUT2D eigenvalue weighted by Gasteiger charge is -2.13. The molecule has 1 aliphatic rings. The summed E-state index contributed by atoms with van der Waals surface area (Å²) in [6, 6.07) is 1.80. The fraction of sp³-hybridized carbons (Fsp3) is 0.714. The van der Waals surface area contributed by atoms with E-state index in [-0.39, 0.29) is 5.91 Å². The highest BCUT2D eigenvalue weighted by Crippen LogP contribution is 2.24. The second kappa shape index (κ2) is 6.19. The van der Waals surface area contributed by atoms with Crippen LogP contribution < -0.4 is 5.73 Å². The van der Waals surface area contributed by atoms with E-state index in [4.69, 9.17) is 10.3 Å². The summed E-state index contributed by atoms with van der Waals surface area (Å²) in [6.45, 7) is 6.38. The quantitative estimate of drug-likeness (QED) is 0.883. The zero-order valence-corrected chi connectivity index (χ0v) is 11.8. The summed E-state index contributed by atoms with van der Waals surface area (Å²) in [5.41, 5.74) is 6.53. The molecular weight excluding hydrogens is 242 g/mol. The summed E-state index contributed by atoms with van der Waals surface area (Å²) in [7, 11) is 0. The fourth-order valence-electron chi connectivity index (χ4n) is 2.65. The standard InChI is InChI=1S/C14H23N3O2/c1-3-11(4-2)12-7-13(19-16-12)14(18)17-6-5-10(8-15)9-17/h7,10-11H,3-6,8-9,15H2,1-2H3. The number of nitrogens with two attached hydrogens (primary N) is 1. The van der Waals surface area contributed by atoms with Crippen molar-refractivity contribution in [1.29, 1.82) is 0 Å². The molecule has 1 atom stereocenters. The average Bonchev–Trinajstić information content (AvgIpc) is 3.08. The molecule has 106 valence electrons. The van der Waals surface area contributed by atoms with Gasteiger partial charge >= 0.3 is 0 Å². The molecule has 0 saturated carbocycles. The number of amides is 1. The van der Waals surface area contributed by atoms with Crippen molar-refractivity contribution in [2.45, 2.75) is 39.0 Å². The molecule has 19 heavy (non-hydrogen) atoms. The minimum absolute atomic E-state index is 0.0549. The zero-order valence-electron chi connectivity index (χ0n) is 11.8. The lowest BCUT2D eigenvalue weighted by molar-refractivity contribution is 0.0746. The Morgan fingerprint density at radius 2 is 2.32 bits per heavy atom. The van der Waals surface area contributed by atoms with E-state index >= 15 is 0 Å². The van der Waals surface area contributed by atoms with Crippen LogP contribution in [-0.4, -0.2) is 35.6 Å². The van der Waals surface area contributed by atoms with E-state index in [0.717, 1.165) is 38.0 Å². The molecule has 2 heterocycles. The van der Waals surface area contributed by atoms with Gasteiger partial charge in [0.1, 0.15) is 0 Å². The maximum absolute atomic E-state index is 12.3. The molecule has 2 rings (SSSR count). The molecule has 1 amide bonds. The van der Waals surface area contributed by atoms with Gasteiger partial charge in [0.05, 0.1) is 5.69 Å². The van der Waals surface area contributed by atoms with Crippen LogP contribution in [0.4, 0.5) is 0 Å². The van der Waals surface area contributed by atoms with Crippen molar-refractivity contribution < 1.29 is 9.32 Å². The molecular formula is C14H23N3O2. The van der Waals surface area contributed by atoms with Gasteiger partial charge in [-0.2, -0.15) is 0 Å².